The monoisotopic (exact) mass is 245 g/mol. The Morgan fingerprint density at radius 1 is 1.06 bits per heavy atom. The molecule has 96 valence electrons. The fourth-order valence-corrected chi connectivity index (χ4v) is 2.30. The van der Waals surface area contributed by atoms with E-state index in [-0.39, 0.29) is 6.04 Å². The molecule has 0 fully saturated rings. The molecule has 18 heavy (non-hydrogen) atoms. The van der Waals surface area contributed by atoms with E-state index in [1.165, 1.54) is 0 Å². The second-order valence-electron chi connectivity index (χ2n) is 4.66. The lowest BCUT2D eigenvalue weighted by atomic mass is 9.97. The molecule has 2 rings (SSSR count). The van der Waals surface area contributed by atoms with Crippen LogP contribution in [0, 0.1) is 20.8 Å². The van der Waals surface area contributed by atoms with Crippen molar-refractivity contribution in [1.29, 1.82) is 0 Å². The maximum atomic E-state index is 6.26. The zero-order valence-corrected chi connectivity index (χ0v) is 11.3. The molecule has 0 aliphatic rings. The van der Waals surface area contributed by atoms with Crippen molar-refractivity contribution >= 4 is 0 Å². The van der Waals surface area contributed by atoms with Crippen molar-refractivity contribution in [3.63, 3.8) is 0 Å². The summed E-state index contributed by atoms with van der Waals surface area (Å²) in [6.45, 7) is 5.98. The summed E-state index contributed by atoms with van der Waals surface area (Å²) in [6, 6.07) is 5.95. The zero-order chi connectivity index (χ0) is 13.3. The molecule has 1 unspecified atom stereocenters. The highest BCUT2D eigenvalue weighted by Gasteiger charge is 2.14. The average Bonchev–Trinajstić information content (AvgIpc) is 2.74. The first kappa shape index (κ1) is 12.7. The van der Waals surface area contributed by atoms with Gasteiger partial charge in [0.25, 0.3) is 0 Å². The second kappa shape index (κ2) is 4.86. The third-order valence-electron chi connectivity index (χ3n) is 3.16. The highest BCUT2D eigenvalue weighted by molar-refractivity contribution is 5.45. The summed E-state index contributed by atoms with van der Waals surface area (Å²) in [5, 5.41) is 0. The van der Waals surface area contributed by atoms with E-state index in [0.29, 0.717) is 0 Å². The molecule has 0 aliphatic carbocycles. The molecule has 1 aromatic carbocycles. The number of ether oxygens (including phenoxy) is 1. The predicted molar refractivity (Wildman–Crippen MR) is 71.9 cm³/mol. The third kappa shape index (κ3) is 2.27. The van der Waals surface area contributed by atoms with E-state index in [2.05, 4.69) is 12.1 Å². The van der Waals surface area contributed by atoms with Gasteiger partial charge in [-0.25, -0.2) is 0 Å². The number of methoxy groups -OCH3 is 1. The van der Waals surface area contributed by atoms with Gasteiger partial charge in [-0.15, -0.1) is 0 Å². The van der Waals surface area contributed by atoms with Gasteiger partial charge in [-0.2, -0.15) is 0 Å². The molecule has 0 bridgehead atoms. The third-order valence-corrected chi connectivity index (χ3v) is 3.16. The Labute approximate surface area is 108 Å². The Morgan fingerprint density at radius 3 is 2.11 bits per heavy atom. The second-order valence-corrected chi connectivity index (χ2v) is 4.66. The van der Waals surface area contributed by atoms with Crippen LogP contribution in [0.2, 0.25) is 0 Å². The van der Waals surface area contributed by atoms with E-state index in [1.54, 1.807) is 13.4 Å². The fourth-order valence-electron chi connectivity index (χ4n) is 2.30. The van der Waals surface area contributed by atoms with Crippen molar-refractivity contribution in [3.8, 4) is 5.75 Å². The van der Waals surface area contributed by atoms with Gasteiger partial charge in [0.1, 0.15) is 11.5 Å². The Balaban J connectivity index is 2.40. The molecular formula is C15H19NO2. The van der Waals surface area contributed by atoms with Crippen LogP contribution in [0.3, 0.4) is 0 Å². The van der Waals surface area contributed by atoms with Gasteiger partial charge in [-0.3, -0.25) is 0 Å². The number of rotatable bonds is 3. The Hall–Kier alpha value is -1.74. The van der Waals surface area contributed by atoms with Crippen LogP contribution in [0.5, 0.6) is 5.75 Å². The van der Waals surface area contributed by atoms with Crippen LogP contribution in [0.4, 0.5) is 0 Å². The normalized spacial score (nSPS) is 12.5. The molecule has 0 radical (unpaired) electrons. The predicted octanol–water partition coefficient (Wildman–Crippen LogP) is 3.26. The van der Waals surface area contributed by atoms with E-state index in [4.69, 9.17) is 14.9 Å². The number of aryl methyl sites for hydroxylation is 3. The molecule has 1 aromatic heterocycles. The number of benzene rings is 1. The summed E-state index contributed by atoms with van der Waals surface area (Å²) >= 11 is 0. The molecule has 1 heterocycles. The van der Waals surface area contributed by atoms with Gasteiger partial charge in [-0.1, -0.05) is 12.1 Å². The minimum absolute atomic E-state index is 0.161. The van der Waals surface area contributed by atoms with Crippen LogP contribution in [-0.2, 0) is 0 Å². The molecule has 3 nitrogen and oxygen atoms in total. The molecule has 0 aliphatic heterocycles. The maximum absolute atomic E-state index is 6.26. The van der Waals surface area contributed by atoms with Gasteiger partial charge in [0, 0.05) is 5.56 Å². The van der Waals surface area contributed by atoms with Crippen LogP contribution < -0.4 is 10.5 Å². The van der Waals surface area contributed by atoms with Crippen LogP contribution in [-0.4, -0.2) is 7.11 Å². The molecule has 0 saturated heterocycles. The standard InChI is InChI=1S/C15H19NO2/c1-9-5-12(6-10(2)15(9)17-4)14(16)13-7-11(3)18-8-13/h5-8,14H,16H2,1-4H3. The Kier molecular flexibility index (Phi) is 3.43. The molecule has 2 aromatic rings. The van der Waals surface area contributed by atoms with E-state index in [1.807, 2.05) is 26.8 Å². The summed E-state index contributed by atoms with van der Waals surface area (Å²) < 4.78 is 10.7. The average molecular weight is 245 g/mol. The number of furan rings is 1. The molecular weight excluding hydrogens is 226 g/mol. The minimum Gasteiger partial charge on any atom is -0.496 e. The highest BCUT2D eigenvalue weighted by atomic mass is 16.5. The largest absolute Gasteiger partial charge is 0.496 e. The number of hydrogen-bond donors (Lipinski definition) is 1. The first-order valence-electron chi connectivity index (χ1n) is 5.98. The van der Waals surface area contributed by atoms with Crippen LogP contribution in [0.25, 0.3) is 0 Å². The van der Waals surface area contributed by atoms with E-state index in [0.717, 1.165) is 33.8 Å². The first-order chi connectivity index (χ1) is 8.52. The Bertz CT molecular complexity index is 534. The Morgan fingerprint density at radius 2 is 1.67 bits per heavy atom. The van der Waals surface area contributed by atoms with Crippen molar-refractivity contribution in [2.24, 2.45) is 5.73 Å². The smallest absolute Gasteiger partial charge is 0.124 e. The summed E-state index contributed by atoms with van der Waals surface area (Å²) in [4.78, 5) is 0. The molecule has 1 atom stereocenters. The molecule has 0 spiro atoms. The quantitative estimate of drug-likeness (QED) is 0.902. The lowest BCUT2D eigenvalue weighted by Gasteiger charge is -2.15. The van der Waals surface area contributed by atoms with Gasteiger partial charge in [0.15, 0.2) is 0 Å². The molecule has 3 heteroatoms. The maximum Gasteiger partial charge on any atom is 0.124 e. The minimum atomic E-state index is -0.161. The van der Waals surface area contributed by atoms with E-state index >= 15 is 0 Å². The van der Waals surface area contributed by atoms with Crippen molar-refractivity contribution in [2.45, 2.75) is 26.8 Å². The summed E-state index contributed by atoms with van der Waals surface area (Å²) in [5.74, 6) is 1.80. The topological polar surface area (TPSA) is 48.4 Å². The van der Waals surface area contributed by atoms with Crippen LogP contribution in [0.1, 0.15) is 34.1 Å². The molecule has 0 amide bonds. The van der Waals surface area contributed by atoms with E-state index in [9.17, 15) is 0 Å². The van der Waals surface area contributed by atoms with E-state index < -0.39 is 0 Å². The van der Waals surface area contributed by atoms with Crippen molar-refractivity contribution < 1.29 is 9.15 Å². The van der Waals surface area contributed by atoms with Crippen LogP contribution in [0.15, 0.2) is 28.9 Å². The number of hydrogen-bond acceptors (Lipinski definition) is 3. The van der Waals surface area contributed by atoms with Gasteiger partial charge in [-0.05, 0) is 43.5 Å². The van der Waals surface area contributed by atoms with Crippen molar-refractivity contribution in [3.05, 3.63) is 52.5 Å². The van der Waals surface area contributed by atoms with Crippen molar-refractivity contribution in [1.82, 2.24) is 0 Å². The molecule has 2 N–H and O–H groups in total. The summed E-state index contributed by atoms with van der Waals surface area (Å²) in [6.07, 6.45) is 1.72. The van der Waals surface area contributed by atoms with Gasteiger partial charge < -0.3 is 14.9 Å². The van der Waals surface area contributed by atoms with Crippen LogP contribution >= 0.6 is 0 Å². The van der Waals surface area contributed by atoms with Crippen molar-refractivity contribution in [2.75, 3.05) is 7.11 Å². The van der Waals surface area contributed by atoms with Gasteiger partial charge >= 0.3 is 0 Å². The lowest BCUT2D eigenvalue weighted by Crippen LogP contribution is -2.11. The van der Waals surface area contributed by atoms with Gasteiger partial charge in [0.2, 0.25) is 0 Å². The van der Waals surface area contributed by atoms with Gasteiger partial charge in [0.05, 0.1) is 19.4 Å². The lowest BCUT2D eigenvalue weighted by molar-refractivity contribution is 0.408. The first-order valence-corrected chi connectivity index (χ1v) is 5.98. The highest BCUT2D eigenvalue weighted by Crippen LogP contribution is 2.29. The fraction of sp³-hybridized carbons (Fsp3) is 0.333. The summed E-state index contributed by atoms with van der Waals surface area (Å²) in [5.41, 5.74) is 10.5. The molecule has 0 saturated carbocycles. The summed E-state index contributed by atoms with van der Waals surface area (Å²) in [7, 11) is 1.69. The zero-order valence-electron chi connectivity index (χ0n) is 11.3. The number of nitrogens with two attached hydrogens (primary N) is 1. The SMILES string of the molecule is COc1c(C)cc(C(N)c2coc(C)c2)cc1C.